The van der Waals surface area contributed by atoms with E-state index in [1.807, 2.05) is 0 Å². The zero-order valence-corrected chi connectivity index (χ0v) is 10.9. The average molecular weight is 239 g/mol. The van der Waals surface area contributed by atoms with Gasteiger partial charge >= 0.3 is 0 Å². The summed E-state index contributed by atoms with van der Waals surface area (Å²) in [6.07, 6.45) is 1.51. The second-order valence-electron chi connectivity index (χ2n) is 4.95. The molecule has 0 amide bonds. The van der Waals surface area contributed by atoms with Crippen molar-refractivity contribution < 1.29 is 4.74 Å². The number of nitrogens with one attached hydrogen (secondary N) is 1. The summed E-state index contributed by atoms with van der Waals surface area (Å²) in [6, 6.07) is 2.19. The van der Waals surface area contributed by atoms with Gasteiger partial charge in [-0.3, -0.25) is 0 Å². The molecule has 2 heterocycles. The zero-order chi connectivity index (χ0) is 11.4. The molecule has 1 fully saturated rings. The summed E-state index contributed by atoms with van der Waals surface area (Å²) >= 11 is 1.76. The van der Waals surface area contributed by atoms with Gasteiger partial charge in [0.25, 0.3) is 0 Å². The Hall–Kier alpha value is -0.380. The first-order valence-electron chi connectivity index (χ1n) is 6.12. The van der Waals surface area contributed by atoms with E-state index in [2.05, 4.69) is 36.0 Å². The highest BCUT2D eigenvalue weighted by Gasteiger charge is 2.29. The number of ether oxygens (including phenoxy) is 1. The minimum absolute atomic E-state index is 0.325. The summed E-state index contributed by atoms with van der Waals surface area (Å²) in [6.45, 7) is 7.59. The number of thiophene rings is 1. The molecule has 0 aliphatic carbocycles. The third-order valence-electron chi connectivity index (χ3n) is 3.05. The Labute approximate surface area is 102 Å². The van der Waals surface area contributed by atoms with Crippen LogP contribution in [0.2, 0.25) is 0 Å². The van der Waals surface area contributed by atoms with Crippen LogP contribution in [0, 0.1) is 11.8 Å². The molecule has 0 saturated carbocycles. The second-order valence-corrected chi connectivity index (χ2v) is 5.73. The van der Waals surface area contributed by atoms with Gasteiger partial charge < -0.3 is 10.1 Å². The van der Waals surface area contributed by atoms with Crippen LogP contribution in [0.3, 0.4) is 0 Å². The van der Waals surface area contributed by atoms with Crippen molar-refractivity contribution in [3.05, 3.63) is 22.4 Å². The third kappa shape index (κ3) is 3.06. The molecule has 1 N–H and O–H groups in total. The van der Waals surface area contributed by atoms with Crippen LogP contribution in [0.4, 0.5) is 0 Å². The fourth-order valence-corrected chi connectivity index (χ4v) is 2.89. The van der Waals surface area contributed by atoms with E-state index in [9.17, 15) is 0 Å². The second kappa shape index (κ2) is 5.80. The van der Waals surface area contributed by atoms with Crippen molar-refractivity contribution >= 4 is 11.3 Å². The molecule has 16 heavy (non-hydrogen) atoms. The first kappa shape index (κ1) is 12.1. The summed E-state index contributed by atoms with van der Waals surface area (Å²) in [4.78, 5) is 0. The van der Waals surface area contributed by atoms with Gasteiger partial charge in [0.05, 0.1) is 6.10 Å². The molecule has 0 radical (unpaired) electrons. The highest BCUT2D eigenvalue weighted by Crippen LogP contribution is 2.34. The molecule has 1 aromatic heterocycles. The van der Waals surface area contributed by atoms with Crippen molar-refractivity contribution in [1.82, 2.24) is 5.32 Å². The highest BCUT2D eigenvalue weighted by atomic mass is 32.1. The smallest absolute Gasteiger partial charge is 0.0874 e. The number of hydrogen-bond donors (Lipinski definition) is 1. The zero-order valence-electron chi connectivity index (χ0n) is 10.1. The molecule has 1 aliphatic heterocycles. The molecule has 2 atom stereocenters. The lowest BCUT2D eigenvalue weighted by atomic mass is 9.97. The molecule has 0 spiro atoms. The first-order valence-corrected chi connectivity index (χ1v) is 7.06. The number of hydrogen-bond acceptors (Lipinski definition) is 3. The van der Waals surface area contributed by atoms with E-state index in [0.29, 0.717) is 12.0 Å². The van der Waals surface area contributed by atoms with Gasteiger partial charge in [-0.2, -0.15) is 11.3 Å². The SMILES string of the molecule is CC(C)CNCC1CCOC1c1ccsc1. The van der Waals surface area contributed by atoms with Gasteiger partial charge in [0.1, 0.15) is 0 Å². The lowest BCUT2D eigenvalue weighted by molar-refractivity contribution is 0.0907. The van der Waals surface area contributed by atoms with E-state index in [1.54, 1.807) is 11.3 Å². The van der Waals surface area contributed by atoms with Crippen molar-refractivity contribution in [3.8, 4) is 0 Å². The van der Waals surface area contributed by atoms with Crippen LogP contribution in [-0.2, 0) is 4.74 Å². The van der Waals surface area contributed by atoms with E-state index in [0.717, 1.165) is 25.6 Å². The Bertz CT molecular complexity index is 297. The molecule has 0 bridgehead atoms. The van der Waals surface area contributed by atoms with E-state index < -0.39 is 0 Å². The maximum Gasteiger partial charge on any atom is 0.0874 e. The van der Waals surface area contributed by atoms with Crippen molar-refractivity contribution in [1.29, 1.82) is 0 Å². The molecular weight excluding hydrogens is 218 g/mol. The normalized spacial score (nSPS) is 25.4. The minimum Gasteiger partial charge on any atom is -0.373 e. The predicted molar refractivity (Wildman–Crippen MR) is 68.8 cm³/mol. The quantitative estimate of drug-likeness (QED) is 0.852. The summed E-state index contributed by atoms with van der Waals surface area (Å²) in [7, 11) is 0. The minimum atomic E-state index is 0.325. The molecule has 90 valence electrons. The van der Waals surface area contributed by atoms with E-state index >= 15 is 0 Å². The van der Waals surface area contributed by atoms with Crippen LogP contribution in [0.1, 0.15) is 31.9 Å². The van der Waals surface area contributed by atoms with Gasteiger partial charge in [-0.25, -0.2) is 0 Å². The molecule has 1 saturated heterocycles. The summed E-state index contributed by atoms with van der Waals surface area (Å²) in [5.41, 5.74) is 1.36. The van der Waals surface area contributed by atoms with Gasteiger partial charge in [0.15, 0.2) is 0 Å². The van der Waals surface area contributed by atoms with E-state index in [1.165, 1.54) is 12.0 Å². The Morgan fingerprint density at radius 2 is 2.44 bits per heavy atom. The predicted octanol–water partition coefficient (Wildman–Crippen LogP) is 3.07. The van der Waals surface area contributed by atoms with Crippen molar-refractivity contribution in [2.24, 2.45) is 11.8 Å². The molecule has 1 aliphatic rings. The fourth-order valence-electron chi connectivity index (χ4n) is 2.21. The van der Waals surface area contributed by atoms with Crippen LogP contribution >= 0.6 is 11.3 Å². The van der Waals surface area contributed by atoms with E-state index in [-0.39, 0.29) is 0 Å². The van der Waals surface area contributed by atoms with Crippen molar-refractivity contribution in [2.75, 3.05) is 19.7 Å². The number of rotatable bonds is 5. The largest absolute Gasteiger partial charge is 0.373 e. The average Bonchev–Trinajstić information content (AvgIpc) is 2.84. The van der Waals surface area contributed by atoms with Gasteiger partial charge in [0, 0.05) is 19.1 Å². The maximum atomic E-state index is 5.83. The molecule has 0 aromatic carbocycles. The van der Waals surface area contributed by atoms with Gasteiger partial charge in [0.2, 0.25) is 0 Å². The Balaban J connectivity index is 1.84. The van der Waals surface area contributed by atoms with Crippen LogP contribution in [-0.4, -0.2) is 19.7 Å². The van der Waals surface area contributed by atoms with Gasteiger partial charge in [-0.05, 0) is 41.3 Å². The molecule has 3 heteroatoms. The van der Waals surface area contributed by atoms with Crippen molar-refractivity contribution in [2.45, 2.75) is 26.4 Å². The molecule has 1 aromatic rings. The van der Waals surface area contributed by atoms with Crippen LogP contribution in [0.5, 0.6) is 0 Å². The Morgan fingerprint density at radius 1 is 1.56 bits per heavy atom. The Morgan fingerprint density at radius 3 is 3.12 bits per heavy atom. The van der Waals surface area contributed by atoms with Gasteiger partial charge in [-0.15, -0.1) is 0 Å². The summed E-state index contributed by atoms with van der Waals surface area (Å²) in [5.74, 6) is 1.37. The fraction of sp³-hybridized carbons (Fsp3) is 0.692. The van der Waals surface area contributed by atoms with Crippen molar-refractivity contribution in [3.63, 3.8) is 0 Å². The highest BCUT2D eigenvalue weighted by molar-refractivity contribution is 7.07. The first-order chi connectivity index (χ1) is 7.77. The standard InChI is InChI=1S/C13H21NOS/c1-10(2)7-14-8-11-3-5-15-13(11)12-4-6-16-9-12/h4,6,9-11,13-14H,3,5,7-8H2,1-2H3. The topological polar surface area (TPSA) is 21.3 Å². The maximum absolute atomic E-state index is 5.83. The van der Waals surface area contributed by atoms with Crippen LogP contribution < -0.4 is 5.32 Å². The van der Waals surface area contributed by atoms with E-state index in [4.69, 9.17) is 4.74 Å². The molecule has 2 nitrogen and oxygen atoms in total. The lowest BCUT2D eigenvalue weighted by Crippen LogP contribution is -2.27. The summed E-state index contributed by atoms with van der Waals surface area (Å²) in [5, 5.41) is 7.89. The molecule has 2 rings (SSSR count). The molecule has 2 unspecified atom stereocenters. The monoisotopic (exact) mass is 239 g/mol. The molecular formula is C13H21NOS. The lowest BCUT2D eigenvalue weighted by Gasteiger charge is -2.18. The third-order valence-corrected chi connectivity index (χ3v) is 3.75. The van der Waals surface area contributed by atoms with Crippen LogP contribution in [0.25, 0.3) is 0 Å². The van der Waals surface area contributed by atoms with Crippen LogP contribution in [0.15, 0.2) is 16.8 Å². The Kier molecular flexibility index (Phi) is 4.38. The summed E-state index contributed by atoms with van der Waals surface area (Å²) < 4.78 is 5.83. The van der Waals surface area contributed by atoms with Gasteiger partial charge in [-0.1, -0.05) is 13.8 Å².